The smallest absolute Gasteiger partial charge is 0.0413 e. The molecule has 0 N–H and O–H groups in total. The van der Waals surface area contributed by atoms with Crippen LogP contribution in [0.4, 0.5) is 5.69 Å². The Kier molecular flexibility index (Phi) is 4.53. The van der Waals surface area contributed by atoms with Gasteiger partial charge in [0.05, 0.1) is 0 Å². The van der Waals surface area contributed by atoms with Crippen LogP contribution in [0.3, 0.4) is 0 Å². The van der Waals surface area contributed by atoms with E-state index in [-0.39, 0.29) is 0 Å². The summed E-state index contributed by atoms with van der Waals surface area (Å²) in [6.07, 6.45) is 3.88. The molecule has 0 bridgehead atoms. The Morgan fingerprint density at radius 1 is 1.35 bits per heavy atom. The van der Waals surface area contributed by atoms with E-state index in [0.717, 1.165) is 9.80 Å². The van der Waals surface area contributed by atoms with Crippen molar-refractivity contribution in [3.63, 3.8) is 0 Å². The number of hydrogen-bond donors (Lipinski definition) is 0. The van der Waals surface area contributed by atoms with Crippen LogP contribution in [0.1, 0.15) is 38.7 Å². The predicted molar refractivity (Wildman–Crippen MR) is 82.0 cm³/mol. The molecule has 0 amide bonds. The van der Waals surface area contributed by atoms with Gasteiger partial charge in [0.2, 0.25) is 0 Å². The van der Waals surface area contributed by atoms with E-state index in [9.17, 15) is 0 Å². The van der Waals surface area contributed by atoms with E-state index in [1.807, 2.05) is 0 Å². The lowest BCUT2D eigenvalue weighted by Gasteiger charge is -2.32. The molecule has 3 heteroatoms. The molecule has 1 aromatic rings. The molecule has 1 aromatic carbocycles. The summed E-state index contributed by atoms with van der Waals surface area (Å²) >= 11 is 7.16. The van der Waals surface area contributed by atoms with E-state index < -0.39 is 0 Å². The van der Waals surface area contributed by atoms with Gasteiger partial charge in [0.25, 0.3) is 0 Å². The first kappa shape index (κ1) is 13.4. The van der Waals surface area contributed by atoms with Crippen molar-refractivity contribution in [2.24, 2.45) is 0 Å². The molecule has 17 heavy (non-hydrogen) atoms. The minimum Gasteiger partial charge on any atom is -0.366 e. The summed E-state index contributed by atoms with van der Waals surface area (Å²) in [5.41, 5.74) is 2.79. The predicted octanol–water partition coefficient (Wildman–Crippen LogP) is 5.11. The summed E-state index contributed by atoms with van der Waals surface area (Å²) in [5.74, 6) is 0. The van der Waals surface area contributed by atoms with Crippen molar-refractivity contribution < 1.29 is 0 Å². The van der Waals surface area contributed by atoms with Gasteiger partial charge in [-0.2, -0.15) is 0 Å². The Hall–Kier alpha value is -0.0200. The fourth-order valence-corrected chi connectivity index (χ4v) is 3.68. The first-order valence-electron chi connectivity index (χ1n) is 6.30. The highest BCUT2D eigenvalue weighted by Gasteiger charge is 2.30. The van der Waals surface area contributed by atoms with Gasteiger partial charge in [-0.3, -0.25) is 0 Å². The molecule has 2 atom stereocenters. The van der Waals surface area contributed by atoms with Crippen LogP contribution in [0.15, 0.2) is 22.7 Å². The molecule has 0 saturated carbocycles. The van der Waals surface area contributed by atoms with Gasteiger partial charge in [0.15, 0.2) is 0 Å². The van der Waals surface area contributed by atoms with E-state index in [0.29, 0.717) is 12.1 Å². The average Bonchev–Trinajstić information content (AvgIpc) is 2.70. The zero-order valence-corrected chi connectivity index (χ0v) is 13.6. The zero-order chi connectivity index (χ0) is 12.4. The van der Waals surface area contributed by atoms with Crippen LogP contribution in [0.2, 0.25) is 0 Å². The maximum absolute atomic E-state index is 3.60. The van der Waals surface area contributed by atoms with E-state index in [2.05, 4.69) is 68.8 Å². The zero-order valence-electron chi connectivity index (χ0n) is 10.4. The van der Waals surface area contributed by atoms with E-state index in [4.69, 9.17) is 0 Å². The van der Waals surface area contributed by atoms with Crippen LogP contribution in [-0.2, 0) is 5.33 Å². The van der Waals surface area contributed by atoms with E-state index in [1.54, 1.807) is 0 Å². The van der Waals surface area contributed by atoms with E-state index in [1.165, 1.54) is 30.5 Å². The van der Waals surface area contributed by atoms with E-state index >= 15 is 0 Å². The molecule has 1 fully saturated rings. The molecule has 0 aliphatic carbocycles. The molecule has 0 radical (unpaired) electrons. The Bertz CT molecular complexity index is 392. The average molecular weight is 361 g/mol. The number of anilines is 1. The highest BCUT2D eigenvalue weighted by molar-refractivity contribution is 9.10. The summed E-state index contributed by atoms with van der Waals surface area (Å²) in [7, 11) is 0. The number of nitrogens with zero attached hydrogens (tertiary/aromatic N) is 1. The first-order chi connectivity index (χ1) is 8.17. The van der Waals surface area contributed by atoms with Gasteiger partial charge < -0.3 is 4.90 Å². The second kappa shape index (κ2) is 5.75. The van der Waals surface area contributed by atoms with Crippen molar-refractivity contribution in [1.82, 2.24) is 0 Å². The molecule has 1 aliphatic rings. The third-order valence-corrected chi connectivity index (χ3v) is 4.82. The van der Waals surface area contributed by atoms with Gasteiger partial charge in [-0.25, -0.2) is 0 Å². The lowest BCUT2D eigenvalue weighted by atomic mass is 10.1. The van der Waals surface area contributed by atoms with Crippen molar-refractivity contribution in [3.05, 3.63) is 28.2 Å². The Morgan fingerprint density at radius 2 is 2.12 bits per heavy atom. The van der Waals surface area contributed by atoms with Crippen molar-refractivity contribution >= 4 is 37.5 Å². The molecule has 1 nitrogen and oxygen atoms in total. The summed E-state index contributed by atoms with van der Waals surface area (Å²) in [6, 6.07) is 8.01. The second-order valence-electron chi connectivity index (χ2n) is 4.80. The number of halogens is 2. The highest BCUT2D eigenvalue weighted by Crippen LogP contribution is 2.36. The van der Waals surface area contributed by atoms with Crippen molar-refractivity contribution in [3.8, 4) is 0 Å². The summed E-state index contributed by atoms with van der Waals surface area (Å²) in [6.45, 7) is 4.64. The Morgan fingerprint density at radius 3 is 2.76 bits per heavy atom. The molecular formula is C14H19Br2N. The lowest BCUT2D eigenvalue weighted by Crippen LogP contribution is -2.34. The summed E-state index contributed by atoms with van der Waals surface area (Å²) < 4.78 is 1.16. The highest BCUT2D eigenvalue weighted by atomic mass is 79.9. The standard InChI is InChI=1S/C14H19Br2N/c1-3-13-6-4-10(2)17(13)14-7-5-12(16)8-11(14)9-15/h5,7-8,10,13H,3-4,6,9H2,1-2H3. The van der Waals surface area contributed by atoms with Gasteiger partial charge >= 0.3 is 0 Å². The van der Waals surface area contributed by atoms with Crippen LogP contribution in [0.5, 0.6) is 0 Å². The van der Waals surface area contributed by atoms with Gasteiger partial charge in [-0.15, -0.1) is 0 Å². The molecule has 0 spiro atoms. The number of rotatable bonds is 3. The SMILES string of the molecule is CCC1CCC(C)N1c1ccc(Br)cc1CBr. The Labute approximate surface area is 121 Å². The molecule has 2 unspecified atom stereocenters. The minimum absolute atomic E-state index is 0.666. The van der Waals surface area contributed by atoms with Crippen molar-refractivity contribution in [1.29, 1.82) is 0 Å². The quantitative estimate of drug-likeness (QED) is 0.677. The largest absolute Gasteiger partial charge is 0.366 e. The number of alkyl halides is 1. The number of benzene rings is 1. The monoisotopic (exact) mass is 359 g/mol. The van der Waals surface area contributed by atoms with Crippen molar-refractivity contribution in [2.45, 2.75) is 50.5 Å². The molecule has 2 rings (SSSR count). The Balaban J connectivity index is 2.38. The maximum atomic E-state index is 3.60. The molecule has 1 heterocycles. The second-order valence-corrected chi connectivity index (χ2v) is 6.28. The van der Waals surface area contributed by atoms with Crippen LogP contribution in [0.25, 0.3) is 0 Å². The fraction of sp³-hybridized carbons (Fsp3) is 0.571. The van der Waals surface area contributed by atoms with Crippen molar-refractivity contribution in [2.75, 3.05) is 4.90 Å². The molecule has 94 valence electrons. The van der Waals surface area contributed by atoms with Crippen LogP contribution < -0.4 is 4.90 Å². The first-order valence-corrected chi connectivity index (χ1v) is 8.21. The minimum atomic E-state index is 0.666. The topological polar surface area (TPSA) is 3.24 Å². The number of hydrogen-bond acceptors (Lipinski definition) is 1. The van der Waals surface area contributed by atoms with Crippen LogP contribution in [-0.4, -0.2) is 12.1 Å². The van der Waals surface area contributed by atoms with Gasteiger partial charge in [0, 0.05) is 27.6 Å². The molecular weight excluding hydrogens is 342 g/mol. The van der Waals surface area contributed by atoms with Gasteiger partial charge in [-0.1, -0.05) is 38.8 Å². The normalized spacial score (nSPS) is 24.4. The summed E-state index contributed by atoms with van der Waals surface area (Å²) in [4.78, 5) is 2.61. The summed E-state index contributed by atoms with van der Waals surface area (Å²) in [5, 5.41) is 0.918. The van der Waals surface area contributed by atoms with Gasteiger partial charge in [0.1, 0.15) is 0 Å². The maximum Gasteiger partial charge on any atom is 0.0413 e. The van der Waals surface area contributed by atoms with Gasteiger partial charge in [-0.05, 0) is 49.9 Å². The van der Waals surface area contributed by atoms with Crippen LogP contribution in [0, 0.1) is 0 Å². The molecule has 1 saturated heterocycles. The van der Waals surface area contributed by atoms with Crippen LogP contribution >= 0.6 is 31.9 Å². The molecule has 1 aliphatic heterocycles. The third-order valence-electron chi connectivity index (χ3n) is 3.72. The lowest BCUT2D eigenvalue weighted by molar-refractivity contribution is 0.626. The fourth-order valence-electron chi connectivity index (χ4n) is 2.82. The third kappa shape index (κ3) is 2.70. The molecule has 0 aromatic heterocycles.